The van der Waals surface area contributed by atoms with Gasteiger partial charge >= 0.3 is 0 Å². The Kier molecular flexibility index (Phi) is 1.38. The number of nitrogen functional groups attached to an aromatic ring is 2. The first-order chi connectivity index (χ1) is 5.68. The zero-order valence-electron chi connectivity index (χ0n) is 6.24. The minimum atomic E-state index is 0.215. The fourth-order valence-corrected chi connectivity index (χ4v) is 2.00. The number of phenols is 1. The van der Waals surface area contributed by atoms with Crippen LogP contribution in [0.15, 0.2) is 18.2 Å². The van der Waals surface area contributed by atoms with Crippen LogP contribution in [0.25, 0.3) is 10.1 Å². The van der Waals surface area contributed by atoms with Crippen LogP contribution in [0.5, 0.6) is 5.75 Å². The lowest BCUT2D eigenvalue weighted by Gasteiger charge is -1.92. The first-order valence-electron chi connectivity index (χ1n) is 3.45. The van der Waals surface area contributed by atoms with Gasteiger partial charge in [-0.1, -0.05) is 0 Å². The third-order valence-corrected chi connectivity index (χ3v) is 2.75. The molecule has 0 amide bonds. The topological polar surface area (TPSA) is 72.3 Å². The van der Waals surface area contributed by atoms with Crippen molar-refractivity contribution in [1.82, 2.24) is 0 Å². The van der Waals surface area contributed by atoms with E-state index in [4.69, 9.17) is 11.5 Å². The quantitative estimate of drug-likeness (QED) is 0.578. The van der Waals surface area contributed by atoms with Gasteiger partial charge in [-0.05, 0) is 18.2 Å². The molecule has 0 aliphatic carbocycles. The number of nitrogens with two attached hydrogens (primary N) is 2. The van der Waals surface area contributed by atoms with Crippen LogP contribution in [-0.4, -0.2) is 5.11 Å². The summed E-state index contributed by atoms with van der Waals surface area (Å²) in [4.78, 5) is 0. The fourth-order valence-electron chi connectivity index (χ4n) is 1.12. The zero-order chi connectivity index (χ0) is 8.72. The number of benzene rings is 1. The largest absolute Gasteiger partial charge is 0.508 e. The summed E-state index contributed by atoms with van der Waals surface area (Å²) in [5.41, 5.74) is 11.9. The second-order valence-electron chi connectivity index (χ2n) is 2.56. The van der Waals surface area contributed by atoms with Gasteiger partial charge in [-0.2, -0.15) is 0 Å². The average Bonchev–Trinajstić information content (AvgIpc) is 2.31. The van der Waals surface area contributed by atoms with Gasteiger partial charge in [0.25, 0.3) is 0 Å². The van der Waals surface area contributed by atoms with Crippen LogP contribution in [0.3, 0.4) is 0 Å². The molecule has 0 aliphatic rings. The Bertz CT molecular complexity index is 436. The van der Waals surface area contributed by atoms with E-state index >= 15 is 0 Å². The van der Waals surface area contributed by atoms with E-state index < -0.39 is 0 Å². The van der Waals surface area contributed by atoms with Crippen LogP contribution in [-0.2, 0) is 0 Å². The first kappa shape index (κ1) is 7.24. The van der Waals surface area contributed by atoms with Crippen LogP contribution in [0.4, 0.5) is 10.7 Å². The first-order valence-corrected chi connectivity index (χ1v) is 4.26. The van der Waals surface area contributed by atoms with Gasteiger partial charge in [0.1, 0.15) is 10.8 Å². The highest BCUT2D eigenvalue weighted by molar-refractivity contribution is 7.23. The summed E-state index contributed by atoms with van der Waals surface area (Å²) in [6, 6.07) is 5.05. The molecule has 0 saturated heterocycles. The predicted octanol–water partition coefficient (Wildman–Crippen LogP) is 1.77. The Balaban J connectivity index is 2.88. The lowest BCUT2D eigenvalue weighted by atomic mass is 10.2. The average molecular weight is 180 g/mol. The molecule has 0 bridgehead atoms. The molecule has 5 N–H and O–H groups in total. The Hall–Kier alpha value is -1.42. The highest BCUT2D eigenvalue weighted by Crippen LogP contribution is 2.37. The number of rotatable bonds is 0. The number of anilines is 2. The van der Waals surface area contributed by atoms with E-state index in [1.54, 1.807) is 12.1 Å². The second-order valence-corrected chi connectivity index (χ2v) is 3.64. The second kappa shape index (κ2) is 2.28. The van der Waals surface area contributed by atoms with E-state index in [2.05, 4.69) is 0 Å². The summed E-state index contributed by atoms with van der Waals surface area (Å²) in [7, 11) is 0. The third kappa shape index (κ3) is 0.887. The van der Waals surface area contributed by atoms with Crippen LogP contribution < -0.4 is 11.5 Å². The Morgan fingerprint density at radius 2 is 2.00 bits per heavy atom. The molecule has 0 fully saturated rings. The van der Waals surface area contributed by atoms with Gasteiger partial charge in [0.2, 0.25) is 0 Å². The molecule has 4 heteroatoms. The van der Waals surface area contributed by atoms with E-state index in [1.807, 2.05) is 6.07 Å². The van der Waals surface area contributed by atoms with Crippen molar-refractivity contribution < 1.29 is 5.11 Å². The monoisotopic (exact) mass is 180 g/mol. The maximum absolute atomic E-state index is 9.17. The summed E-state index contributed by atoms with van der Waals surface area (Å²) in [5, 5.41) is 10.6. The zero-order valence-corrected chi connectivity index (χ0v) is 7.06. The molecular formula is C8H8N2OS. The third-order valence-electron chi connectivity index (χ3n) is 1.74. The fraction of sp³-hybridized carbons (Fsp3) is 0. The number of phenolic OH excluding ortho intramolecular Hbond substituents is 1. The van der Waals surface area contributed by atoms with Crippen LogP contribution in [0.1, 0.15) is 0 Å². The minimum absolute atomic E-state index is 0.215. The van der Waals surface area contributed by atoms with Crippen LogP contribution in [0, 0.1) is 0 Å². The van der Waals surface area contributed by atoms with Gasteiger partial charge in [0.05, 0.1) is 5.69 Å². The van der Waals surface area contributed by atoms with Crippen molar-refractivity contribution in [3.05, 3.63) is 18.2 Å². The molecule has 3 nitrogen and oxygen atoms in total. The Morgan fingerprint density at radius 3 is 2.75 bits per heavy atom. The van der Waals surface area contributed by atoms with Crippen LogP contribution >= 0.6 is 11.3 Å². The van der Waals surface area contributed by atoms with E-state index in [0.29, 0.717) is 10.7 Å². The van der Waals surface area contributed by atoms with E-state index in [9.17, 15) is 5.11 Å². The number of hydrogen-bond acceptors (Lipinski definition) is 4. The standard InChI is InChI=1S/C8H8N2OS/c9-7-5-3-4(11)1-2-6(5)12-8(7)10/h1-3,11H,9-10H2. The van der Waals surface area contributed by atoms with Crippen molar-refractivity contribution in [3.63, 3.8) is 0 Å². The highest BCUT2D eigenvalue weighted by atomic mass is 32.1. The minimum Gasteiger partial charge on any atom is -0.508 e. The molecule has 0 radical (unpaired) electrons. The van der Waals surface area contributed by atoms with Gasteiger partial charge in [0.15, 0.2) is 0 Å². The molecule has 1 aromatic heterocycles. The summed E-state index contributed by atoms with van der Waals surface area (Å²) in [6.07, 6.45) is 0. The SMILES string of the molecule is Nc1sc2ccc(O)cc2c1N. The summed E-state index contributed by atoms with van der Waals surface area (Å²) >= 11 is 1.43. The van der Waals surface area contributed by atoms with Gasteiger partial charge in [-0.25, -0.2) is 0 Å². The van der Waals surface area contributed by atoms with Crippen molar-refractivity contribution in [2.45, 2.75) is 0 Å². The number of hydrogen-bond donors (Lipinski definition) is 3. The lowest BCUT2D eigenvalue weighted by molar-refractivity contribution is 0.476. The molecule has 62 valence electrons. The summed E-state index contributed by atoms with van der Waals surface area (Å²) in [5.74, 6) is 0.215. The number of thiophene rings is 1. The molecule has 0 spiro atoms. The molecule has 0 atom stereocenters. The number of fused-ring (bicyclic) bond motifs is 1. The highest BCUT2D eigenvalue weighted by Gasteiger charge is 2.05. The predicted molar refractivity (Wildman–Crippen MR) is 52.3 cm³/mol. The maximum Gasteiger partial charge on any atom is 0.116 e. The number of aromatic hydroxyl groups is 1. The molecule has 0 saturated carbocycles. The Morgan fingerprint density at radius 1 is 1.25 bits per heavy atom. The normalized spacial score (nSPS) is 10.7. The van der Waals surface area contributed by atoms with Gasteiger partial charge in [0, 0.05) is 10.1 Å². The molecule has 0 unspecified atom stereocenters. The van der Waals surface area contributed by atoms with E-state index in [0.717, 1.165) is 10.1 Å². The summed E-state index contributed by atoms with van der Waals surface area (Å²) in [6.45, 7) is 0. The van der Waals surface area contributed by atoms with Crippen molar-refractivity contribution in [1.29, 1.82) is 0 Å². The molecule has 2 aromatic rings. The lowest BCUT2D eigenvalue weighted by Crippen LogP contribution is -1.87. The maximum atomic E-state index is 9.17. The van der Waals surface area contributed by atoms with Crippen molar-refractivity contribution in [3.8, 4) is 5.75 Å². The molecule has 2 rings (SSSR count). The molecular weight excluding hydrogens is 172 g/mol. The summed E-state index contributed by atoms with van der Waals surface area (Å²) < 4.78 is 1.00. The van der Waals surface area contributed by atoms with Crippen molar-refractivity contribution in [2.24, 2.45) is 0 Å². The smallest absolute Gasteiger partial charge is 0.116 e. The van der Waals surface area contributed by atoms with Gasteiger partial charge in [-0.15, -0.1) is 11.3 Å². The van der Waals surface area contributed by atoms with E-state index in [-0.39, 0.29) is 5.75 Å². The van der Waals surface area contributed by atoms with Gasteiger partial charge < -0.3 is 16.6 Å². The molecule has 1 heterocycles. The van der Waals surface area contributed by atoms with Gasteiger partial charge in [-0.3, -0.25) is 0 Å². The molecule has 12 heavy (non-hydrogen) atoms. The van der Waals surface area contributed by atoms with Crippen molar-refractivity contribution in [2.75, 3.05) is 11.5 Å². The van der Waals surface area contributed by atoms with Crippen molar-refractivity contribution >= 4 is 32.1 Å². The Labute approximate surface area is 73.2 Å². The van der Waals surface area contributed by atoms with E-state index in [1.165, 1.54) is 11.3 Å². The molecule has 0 aliphatic heterocycles. The molecule has 1 aromatic carbocycles. The van der Waals surface area contributed by atoms with Crippen LogP contribution in [0.2, 0.25) is 0 Å².